The lowest BCUT2D eigenvalue weighted by molar-refractivity contribution is -0.384. The van der Waals surface area contributed by atoms with Crippen molar-refractivity contribution < 1.29 is 23.7 Å². The van der Waals surface area contributed by atoms with Crippen molar-refractivity contribution in [3.63, 3.8) is 0 Å². The Kier molecular flexibility index (Phi) is 3.93. The predicted octanol–water partition coefficient (Wildman–Crippen LogP) is 3.25. The number of imide groups is 1. The number of nitro groups is 1. The number of rotatable bonds is 5. The third kappa shape index (κ3) is 2.60. The summed E-state index contributed by atoms with van der Waals surface area (Å²) in [6.45, 7) is 0. The van der Waals surface area contributed by atoms with Gasteiger partial charge < -0.3 is 9.15 Å². The fourth-order valence-electron chi connectivity index (χ4n) is 5.73. The van der Waals surface area contributed by atoms with Crippen LogP contribution in [-0.2, 0) is 9.59 Å². The molecule has 162 valence electrons. The van der Waals surface area contributed by atoms with Crippen LogP contribution in [0.3, 0.4) is 0 Å². The zero-order chi connectivity index (χ0) is 22.1. The molecule has 0 N–H and O–H groups in total. The minimum absolute atomic E-state index is 0.0902. The van der Waals surface area contributed by atoms with Gasteiger partial charge in [0.25, 0.3) is 17.5 Å². The van der Waals surface area contributed by atoms with Gasteiger partial charge in [-0.3, -0.25) is 19.7 Å². The Hall–Kier alpha value is -3.75. The minimum atomic E-state index is -0.501. The molecular weight excluding hydrogens is 414 g/mol. The molecule has 2 amide bonds. The van der Waals surface area contributed by atoms with E-state index in [2.05, 4.69) is 17.3 Å². The maximum atomic E-state index is 13.0. The maximum Gasteiger partial charge on any atom is 0.273 e. The number of hydrogen-bond acceptors (Lipinski definition) is 7. The van der Waals surface area contributed by atoms with Crippen LogP contribution in [0.1, 0.15) is 12.2 Å². The highest BCUT2D eigenvalue weighted by Gasteiger charge is 2.67. The van der Waals surface area contributed by atoms with Gasteiger partial charge in [0.05, 0.1) is 41.7 Å². The molecule has 2 saturated carbocycles. The quantitative estimate of drug-likeness (QED) is 0.235. The smallest absolute Gasteiger partial charge is 0.273 e. The first-order valence-corrected chi connectivity index (χ1v) is 10.5. The monoisotopic (exact) mass is 433 g/mol. The van der Waals surface area contributed by atoms with Crippen LogP contribution in [0.5, 0.6) is 5.75 Å². The molecule has 7 rings (SSSR count). The van der Waals surface area contributed by atoms with E-state index in [0.717, 1.165) is 11.4 Å². The number of nitrogens with zero attached hydrogens (tertiary/aromatic N) is 3. The fraction of sp³-hybridized carbons (Fsp3) is 0.348. The summed E-state index contributed by atoms with van der Waals surface area (Å²) >= 11 is 0. The molecule has 0 spiro atoms. The Balaban J connectivity index is 1.24. The summed E-state index contributed by atoms with van der Waals surface area (Å²) in [5, 5.41) is 16.2. The maximum absolute atomic E-state index is 13.0. The van der Waals surface area contributed by atoms with Crippen molar-refractivity contribution in [2.45, 2.75) is 6.42 Å². The molecule has 3 fully saturated rings. The molecular formula is C23H19N3O6. The van der Waals surface area contributed by atoms with Crippen LogP contribution in [0, 0.1) is 45.6 Å². The molecule has 6 atom stereocenters. The van der Waals surface area contributed by atoms with Gasteiger partial charge >= 0.3 is 0 Å². The Morgan fingerprint density at radius 3 is 2.44 bits per heavy atom. The summed E-state index contributed by atoms with van der Waals surface area (Å²) in [6, 6.07) is 7.56. The number of amides is 2. The lowest BCUT2D eigenvalue weighted by atomic mass is 9.63. The average Bonchev–Trinajstić information content (AvgIpc) is 3.44. The number of carbonyl (C=O) groups is 2. The number of ether oxygens (including phenoxy) is 1. The molecule has 1 aliphatic heterocycles. The van der Waals surface area contributed by atoms with Gasteiger partial charge in [-0.15, -0.1) is 0 Å². The average molecular weight is 433 g/mol. The number of non-ortho nitro benzene ring substituents is 1. The molecule has 2 heterocycles. The number of furan rings is 1. The molecule has 9 heteroatoms. The molecule has 0 radical (unpaired) electrons. The van der Waals surface area contributed by atoms with Crippen molar-refractivity contribution in [1.29, 1.82) is 0 Å². The SMILES string of the molecule is COc1cc([N+](=O)[O-])ccc1-c1ccc(C=NN2C(=O)C3C4C=CC(C5CC45)C3C2=O)o1. The first-order chi connectivity index (χ1) is 15.5. The van der Waals surface area contributed by atoms with E-state index in [1.165, 1.54) is 25.5 Å². The van der Waals surface area contributed by atoms with E-state index < -0.39 is 4.92 Å². The number of hydrogen-bond donors (Lipinski definition) is 0. The van der Waals surface area contributed by atoms with E-state index in [4.69, 9.17) is 9.15 Å². The topological polar surface area (TPSA) is 115 Å². The van der Waals surface area contributed by atoms with Gasteiger partial charge in [-0.1, -0.05) is 12.2 Å². The third-order valence-corrected chi connectivity index (χ3v) is 7.23. The number of nitro benzene ring substituents is 1. The molecule has 1 aromatic heterocycles. The van der Waals surface area contributed by atoms with Gasteiger partial charge in [0, 0.05) is 6.07 Å². The van der Waals surface area contributed by atoms with Crippen LogP contribution in [0.2, 0.25) is 0 Å². The summed E-state index contributed by atoms with van der Waals surface area (Å²) in [7, 11) is 1.42. The number of carbonyl (C=O) groups excluding carboxylic acids is 2. The first kappa shape index (κ1) is 19.0. The second-order valence-electron chi connectivity index (χ2n) is 8.73. The fourth-order valence-corrected chi connectivity index (χ4v) is 5.73. The Labute approximate surface area is 182 Å². The van der Waals surface area contributed by atoms with Crippen LogP contribution in [0.4, 0.5) is 5.69 Å². The Morgan fingerprint density at radius 2 is 1.81 bits per heavy atom. The van der Waals surface area contributed by atoms with E-state index in [-0.39, 0.29) is 41.2 Å². The number of hydrazone groups is 1. The lowest BCUT2D eigenvalue weighted by Crippen LogP contribution is -2.40. The molecule has 1 aromatic carbocycles. The van der Waals surface area contributed by atoms with Gasteiger partial charge in [0.15, 0.2) is 0 Å². The minimum Gasteiger partial charge on any atom is -0.496 e. The van der Waals surface area contributed by atoms with Gasteiger partial charge in [-0.25, -0.2) is 0 Å². The highest BCUT2D eigenvalue weighted by Crippen LogP contribution is 2.65. The molecule has 32 heavy (non-hydrogen) atoms. The second-order valence-corrected chi connectivity index (χ2v) is 8.73. The van der Waals surface area contributed by atoms with Gasteiger partial charge in [0.2, 0.25) is 0 Å². The number of benzene rings is 1. The molecule has 6 unspecified atom stereocenters. The standard InChI is InChI=1S/C23H19N3O6/c1-31-19-8-11(26(29)30)2-4-15(19)18-7-3-12(32-18)10-24-25-22(27)20-13-5-6-14(17-9-16(13)17)21(20)23(25)28/h2-8,10,13-14,16-17,20-21H,9H2,1H3. The third-order valence-electron chi connectivity index (χ3n) is 7.23. The molecule has 1 saturated heterocycles. The summed E-state index contributed by atoms with van der Waals surface area (Å²) in [6.07, 6.45) is 6.70. The van der Waals surface area contributed by atoms with Crippen LogP contribution in [0.25, 0.3) is 11.3 Å². The highest BCUT2D eigenvalue weighted by molar-refractivity contribution is 6.06. The van der Waals surface area contributed by atoms with Crippen molar-refractivity contribution in [3.05, 3.63) is 58.4 Å². The normalized spacial score (nSPS) is 31.8. The lowest BCUT2D eigenvalue weighted by Gasteiger charge is -2.37. The Morgan fingerprint density at radius 1 is 1.12 bits per heavy atom. The van der Waals surface area contributed by atoms with E-state index in [0.29, 0.717) is 34.7 Å². The second kappa shape index (κ2) is 6.62. The van der Waals surface area contributed by atoms with Crippen LogP contribution in [-0.4, -0.2) is 35.1 Å². The molecule has 9 nitrogen and oxygen atoms in total. The first-order valence-electron chi connectivity index (χ1n) is 10.5. The van der Waals surface area contributed by atoms with Gasteiger partial charge in [-0.2, -0.15) is 10.1 Å². The summed E-state index contributed by atoms with van der Waals surface area (Å²) in [4.78, 5) is 36.4. The zero-order valence-corrected chi connectivity index (χ0v) is 17.1. The molecule has 2 aromatic rings. The van der Waals surface area contributed by atoms with Gasteiger partial charge in [-0.05, 0) is 48.3 Å². The van der Waals surface area contributed by atoms with E-state index in [1.807, 2.05) is 0 Å². The van der Waals surface area contributed by atoms with Crippen LogP contribution < -0.4 is 4.74 Å². The van der Waals surface area contributed by atoms with Crippen molar-refractivity contribution >= 4 is 23.7 Å². The van der Waals surface area contributed by atoms with E-state index in [9.17, 15) is 19.7 Å². The number of allylic oxidation sites excluding steroid dienone is 2. The molecule has 2 bridgehead atoms. The zero-order valence-electron chi connectivity index (χ0n) is 17.1. The van der Waals surface area contributed by atoms with Crippen molar-refractivity contribution in [1.82, 2.24) is 5.01 Å². The predicted molar refractivity (Wildman–Crippen MR) is 111 cm³/mol. The van der Waals surface area contributed by atoms with Gasteiger partial charge in [0.1, 0.15) is 17.3 Å². The number of methoxy groups -OCH3 is 1. The van der Waals surface area contributed by atoms with Crippen molar-refractivity contribution in [2.75, 3.05) is 7.11 Å². The summed E-state index contributed by atoms with van der Waals surface area (Å²) < 4.78 is 11.0. The van der Waals surface area contributed by atoms with Crippen molar-refractivity contribution in [3.8, 4) is 17.1 Å². The van der Waals surface area contributed by atoms with E-state index in [1.54, 1.807) is 18.2 Å². The van der Waals surface area contributed by atoms with E-state index >= 15 is 0 Å². The molecule has 5 aliphatic rings. The molecule has 4 aliphatic carbocycles. The summed E-state index contributed by atoms with van der Waals surface area (Å²) in [5.74, 6) is 1.39. The van der Waals surface area contributed by atoms with Crippen LogP contribution in [0.15, 0.2) is 52.0 Å². The van der Waals surface area contributed by atoms with Crippen LogP contribution >= 0.6 is 0 Å². The highest BCUT2D eigenvalue weighted by atomic mass is 16.6. The largest absolute Gasteiger partial charge is 0.496 e. The Bertz CT molecular complexity index is 1190. The van der Waals surface area contributed by atoms with Crippen molar-refractivity contribution in [2.24, 2.45) is 40.6 Å². The summed E-state index contributed by atoms with van der Waals surface area (Å²) in [5.41, 5.74) is 0.450.